The number of carbonyl (C=O) groups excluding carboxylic acids is 1. The van der Waals surface area contributed by atoms with E-state index in [4.69, 9.17) is 9.16 Å². The molecule has 0 spiro atoms. The van der Waals surface area contributed by atoms with E-state index < -0.39 is 13.9 Å². The molecule has 2 heterocycles. The molecule has 8 heteroatoms. The van der Waals surface area contributed by atoms with Crippen molar-refractivity contribution in [2.45, 2.75) is 97.3 Å². The molecular formula is C21H39N3O3SSi. The third-order valence-electron chi connectivity index (χ3n) is 5.65. The van der Waals surface area contributed by atoms with Crippen LogP contribution in [0.4, 0.5) is 4.79 Å². The molecule has 1 aromatic rings. The minimum atomic E-state index is -1.73. The second-order valence-electron chi connectivity index (χ2n) is 10.5. The first-order chi connectivity index (χ1) is 13.2. The zero-order valence-electron chi connectivity index (χ0n) is 19.4. The fourth-order valence-electron chi connectivity index (χ4n) is 2.86. The third kappa shape index (κ3) is 8.00. The van der Waals surface area contributed by atoms with Crippen molar-refractivity contribution in [2.75, 3.05) is 13.1 Å². The molecule has 0 bridgehead atoms. The van der Waals surface area contributed by atoms with Crippen LogP contribution in [0.3, 0.4) is 0 Å². The van der Waals surface area contributed by atoms with Crippen LogP contribution in [0.25, 0.3) is 0 Å². The molecule has 1 aromatic heterocycles. The predicted octanol–water partition coefficient (Wildman–Crippen LogP) is 5.15. The number of alkyl carbamates (subject to hydrolysis) is 1. The monoisotopic (exact) mass is 441 g/mol. The van der Waals surface area contributed by atoms with E-state index in [1.54, 1.807) is 11.3 Å². The number of thiazole rings is 1. The molecule has 29 heavy (non-hydrogen) atoms. The van der Waals surface area contributed by atoms with Gasteiger partial charge in [-0.3, -0.25) is 4.90 Å². The SMILES string of the molecule is CC(C)(C)OC(=O)NC1CCN(Cc2ncc(CO[Si](C)(C)C(C)(C)C)s2)CC1. The lowest BCUT2D eigenvalue weighted by atomic mass is 10.1. The summed E-state index contributed by atoms with van der Waals surface area (Å²) >= 11 is 1.75. The van der Waals surface area contributed by atoms with Crippen molar-refractivity contribution < 1.29 is 14.0 Å². The Morgan fingerprint density at radius 3 is 2.41 bits per heavy atom. The van der Waals surface area contributed by atoms with Gasteiger partial charge in [0.25, 0.3) is 0 Å². The summed E-state index contributed by atoms with van der Waals surface area (Å²) in [6, 6.07) is 0.186. The minimum Gasteiger partial charge on any atom is -0.444 e. The topological polar surface area (TPSA) is 63.7 Å². The van der Waals surface area contributed by atoms with Crippen molar-refractivity contribution in [1.82, 2.24) is 15.2 Å². The van der Waals surface area contributed by atoms with Gasteiger partial charge < -0.3 is 14.5 Å². The highest BCUT2D eigenvalue weighted by molar-refractivity contribution is 7.11. The number of hydrogen-bond acceptors (Lipinski definition) is 6. The van der Waals surface area contributed by atoms with Gasteiger partial charge in [-0.05, 0) is 51.7 Å². The molecule has 1 amide bonds. The van der Waals surface area contributed by atoms with Gasteiger partial charge in [0.1, 0.15) is 10.6 Å². The van der Waals surface area contributed by atoms with Gasteiger partial charge in [-0.15, -0.1) is 11.3 Å². The molecule has 0 aliphatic carbocycles. The maximum atomic E-state index is 11.9. The largest absolute Gasteiger partial charge is 0.444 e. The summed E-state index contributed by atoms with van der Waals surface area (Å²) in [5.74, 6) is 0. The maximum Gasteiger partial charge on any atom is 0.407 e. The highest BCUT2D eigenvalue weighted by Gasteiger charge is 2.37. The Hall–Kier alpha value is -0.963. The zero-order chi connectivity index (χ0) is 21.9. The Labute approximate surface area is 181 Å². The molecule has 0 saturated carbocycles. The number of rotatable bonds is 6. The van der Waals surface area contributed by atoms with Crippen LogP contribution in [-0.4, -0.2) is 49.0 Å². The van der Waals surface area contributed by atoms with Crippen LogP contribution in [0.1, 0.15) is 64.3 Å². The molecule has 1 N–H and O–H groups in total. The first-order valence-corrected chi connectivity index (χ1v) is 14.3. The first-order valence-electron chi connectivity index (χ1n) is 10.5. The molecule has 1 saturated heterocycles. The van der Waals surface area contributed by atoms with E-state index in [2.05, 4.69) is 49.1 Å². The Kier molecular flexibility index (Phi) is 7.92. The Bertz CT molecular complexity index is 671. The standard InChI is InChI=1S/C21H39N3O3SSi/c1-20(2,3)27-19(25)23-16-9-11-24(12-10-16)14-18-22-13-17(28-18)15-26-29(7,8)21(4,5)6/h13,16H,9-12,14-15H2,1-8H3,(H,23,25). The van der Waals surface area contributed by atoms with Gasteiger partial charge in [0.05, 0.1) is 13.2 Å². The number of aromatic nitrogens is 1. The van der Waals surface area contributed by atoms with Crippen LogP contribution in [-0.2, 0) is 22.3 Å². The summed E-state index contributed by atoms with van der Waals surface area (Å²) in [5.41, 5.74) is -0.457. The molecular weight excluding hydrogens is 402 g/mol. The Morgan fingerprint density at radius 1 is 1.24 bits per heavy atom. The smallest absolute Gasteiger partial charge is 0.407 e. The highest BCUT2D eigenvalue weighted by Crippen LogP contribution is 2.37. The summed E-state index contributed by atoms with van der Waals surface area (Å²) in [5, 5.41) is 4.35. The molecule has 0 unspecified atom stereocenters. The van der Waals surface area contributed by atoms with Gasteiger partial charge >= 0.3 is 6.09 Å². The second-order valence-corrected chi connectivity index (χ2v) is 16.5. The van der Waals surface area contributed by atoms with Crippen molar-refractivity contribution in [3.05, 3.63) is 16.1 Å². The zero-order valence-corrected chi connectivity index (χ0v) is 21.2. The number of nitrogens with one attached hydrogen (secondary N) is 1. The van der Waals surface area contributed by atoms with Crippen molar-refractivity contribution in [1.29, 1.82) is 0 Å². The number of carbonyl (C=O) groups is 1. The lowest BCUT2D eigenvalue weighted by Gasteiger charge is -2.35. The molecule has 1 fully saturated rings. The van der Waals surface area contributed by atoms with Gasteiger partial charge in [-0.2, -0.15) is 0 Å². The number of likely N-dealkylation sites (tertiary alicyclic amines) is 1. The van der Waals surface area contributed by atoms with Gasteiger partial charge in [-0.1, -0.05) is 20.8 Å². The number of piperidine rings is 1. The molecule has 2 rings (SSSR count). The first kappa shape index (κ1) is 24.3. The van der Waals surface area contributed by atoms with Crippen LogP contribution in [0.2, 0.25) is 18.1 Å². The van der Waals surface area contributed by atoms with Crippen LogP contribution < -0.4 is 5.32 Å². The number of ether oxygens (including phenoxy) is 1. The van der Waals surface area contributed by atoms with Crippen LogP contribution in [0, 0.1) is 0 Å². The number of hydrogen-bond donors (Lipinski definition) is 1. The van der Waals surface area contributed by atoms with E-state index in [9.17, 15) is 4.79 Å². The summed E-state index contributed by atoms with van der Waals surface area (Å²) in [6.07, 6.45) is 3.52. The van der Waals surface area contributed by atoms with Crippen molar-refractivity contribution in [3.63, 3.8) is 0 Å². The van der Waals surface area contributed by atoms with Crippen LogP contribution in [0.15, 0.2) is 6.20 Å². The Morgan fingerprint density at radius 2 is 1.86 bits per heavy atom. The van der Waals surface area contributed by atoms with Crippen molar-refractivity contribution in [3.8, 4) is 0 Å². The normalized spacial score (nSPS) is 17.4. The third-order valence-corrected chi connectivity index (χ3v) is 11.1. The molecule has 0 radical (unpaired) electrons. The molecule has 0 atom stereocenters. The van der Waals surface area contributed by atoms with Gasteiger partial charge in [0.2, 0.25) is 0 Å². The summed E-state index contributed by atoms with van der Waals surface area (Å²) in [4.78, 5) is 20.1. The van der Waals surface area contributed by atoms with Gasteiger partial charge in [0, 0.05) is 30.2 Å². The summed E-state index contributed by atoms with van der Waals surface area (Å²) in [6.45, 7) is 20.4. The molecule has 166 valence electrons. The summed E-state index contributed by atoms with van der Waals surface area (Å²) < 4.78 is 11.7. The van der Waals surface area contributed by atoms with Crippen molar-refractivity contribution >= 4 is 25.7 Å². The van der Waals surface area contributed by atoms with E-state index >= 15 is 0 Å². The van der Waals surface area contributed by atoms with E-state index in [0.717, 1.165) is 37.5 Å². The van der Waals surface area contributed by atoms with E-state index in [0.29, 0.717) is 6.61 Å². The van der Waals surface area contributed by atoms with Crippen LogP contribution in [0.5, 0.6) is 0 Å². The fraction of sp³-hybridized carbons (Fsp3) is 0.810. The predicted molar refractivity (Wildman–Crippen MR) is 122 cm³/mol. The lowest BCUT2D eigenvalue weighted by molar-refractivity contribution is 0.0477. The van der Waals surface area contributed by atoms with E-state index in [-0.39, 0.29) is 17.2 Å². The molecule has 0 aromatic carbocycles. The second kappa shape index (κ2) is 9.45. The Balaban J connectivity index is 1.75. The van der Waals surface area contributed by atoms with E-state index in [1.165, 1.54) is 4.88 Å². The average Bonchev–Trinajstić information content (AvgIpc) is 2.99. The quantitative estimate of drug-likeness (QED) is 0.618. The average molecular weight is 442 g/mol. The van der Waals surface area contributed by atoms with Crippen molar-refractivity contribution in [2.24, 2.45) is 0 Å². The van der Waals surface area contributed by atoms with Crippen LogP contribution >= 0.6 is 11.3 Å². The maximum absolute atomic E-state index is 11.9. The van der Waals surface area contributed by atoms with Gasteiger partial charge in [-0.25, -0.2) is 9.78 Å². The highest BCUT2D eigenvalue weighted by atomic mass is 32.1. The minimum absolute atomic E-state index is 0.186. The number of amides is 1. The van der Waals surface area contributed by atoms with E-state index in [1.807, 2.05) is 27.0 Å². The fourth-order valence-corrected chi connectivity index (χ4v) is 4.79. The lowest BCUT2D eigenvalue weighted by Crippen LogP contribution is -2.45. The summed E-state index contributed by atoms with van der Waals surface area (Å²) in [7, 11) is -1.73. The molecule has 1 aliphatic heterocycles. The van der Waals surface area contributed by atoms with Gasteiger partial charge in [0.15, 0.2) is 8.32 Å². The number of nitrogens with zero attached hydrogens (tertiary/aromatic N) is 2. The molecule has 1 aliphatic rings. The molecule has 6 nitrogen and oxygen atoms in total.